The highest BCUT2D eigenvalue weighted by molar-refractivity contribution is 5.39. The number of hydrogen-bond donors (Lipinski definition) is 1. The average molecular weight is 321 g/mol. The third-order valence-electron chi connectivity index (χ3n) is 4.08. The molecule has 0 unspecified atom stereocenters. The minimum atomic E-state index is 0.668. The summed E-state index contributed by atoms with van der Waals surface area (Å²) in [5.41, 5.74) is 1.95. The molecule has 0 atom stereocenters. The first kappa shape index (κ1) is 14.6. The van der Waals surface area contributed by atoms with Gasteiger partial charge in [0.05, 0.1) is 24.5 Å². The molecule has 1 aliphatic rings. The molecular formula is C17H19N7. The molecule has 0 bridgehead atoms. The molecule has 0 spiro atoms. The fraction of sp³-hybridized carbons (Fsp3) is 0.294. The van der Waals surface area contributed by atoms with E-state index in [0.717, 1.165) is 48.5 Å². The van der Waals surface area contributed by atoms with E-state index in [4.69, 9.17) is 4.98 Å². The highest BCUT2D eigenvalue weighted by atomic mass is 15.3. The molecule has 3 aromatic heterocycles. The van der Waals surface area contributed by atoms with Gasteiger partial charge in [-0.25, -0.2) is 9.97 Å². The molecule has 4 rings (SSSR count). The van der Waals surface area contributed by atoms with E-state index in [1.807, 2.05) is 37.3 Å². The molecule has 7 nitrogen and oxygen atoms in total. The lowest BCUT2D eigenvalue weighted by Crippen LogP contribution is -2.34. The van der Waals surface area contributed by atoms with Crippen molar-refractivity contribution in [2.24, 2.45) is 0 Å². The Hall–Kier alpha value is -2.96. The van der Waals surface area contributed by atoms with Crippen molar-refractivity contribution in [3.8, 4) is 0 Å². The lowest BCUT2D eigenvalue weighted by molar-refractivity contribution is 0.554. The lowest BCUT2D eigenvalue weighted by Gasteiger charge is -2.28. The van der Waals surface area contributed by atoms with E-state index in [2.05, 4.69) is 36.2 Å². The maximum absolute atomic E-state index is 4.74. The van der Waals surface area contributed by atoms with Crippen LogP contribution in [0, 0.1) is 6.92 Å². The van der Waals surface area contributed by atoms with Crippen LogP contribution in [0.3, 0.4) is 0 Å². The maximum atomic E-state index is 4.74. The van der Waals surface area contributed by atoms with Gasteiger partial charge in [0.25, 0.3) is 0 Å². The van der Waals surface area contributed by atoms with Crippen LogP contribution in [-0.2, 0) is 19.6 Å². The molecule has 7 heteroatoms. The Bertz CT molecular complexity index is 811. The zero-order valence-electron chi connectivity index (χ0n) is 13.6. The average Bonchev–Trinajstić information content (AvgIpc) is 3.03. The van der Waals surface area contributed by atoms with Gasteiger partial charge in [-0.2, -0.15) is 5.10 Å². The van der Waals surface area contributed by atoms with Crippen molar-refractivity contribution < 1.29 is 0 Å². The number of aryl methyl sites for hydroxylation is 1. The first-order valence-corrected chi connectivity index (χ1v) is 8.03. The van der Waals surface area contributed by atoms with Gasteiger partial charge in [0, 0.05) is 25.5 Å². The molecule has 4 heterocycles. The predicted molar refractivity (Wildman–Crippen MR) is 91.6 cm³/mol. The summed E-state index contributed by atoms with van der Waals surface area (Å²) in [6, 6.07) is 9.83. The fourth-order valence-corrected chi connectivity index (χ4v) is 2.80. The molecule has 1 N–H and O–H groups in total. The highest BCUT2D eigenvalue weighted by Gasteiger charge is 2.19. The Labute approximate surface area is 140 Å². The van der Waals surface area contributed by atoms with Crippen molar-refractivity contribution in [1.29, 1.82) is 0 Å². The topological polar surface area (TPSA) is 71.8 Å². The SMILES string of the molecule is Cc1ccc(N2CCn3cc(CNc4ccccn4)nc3C2)nn1. The Balaban J connectivity index is 1.45. The van der Waals surface area contributed by atoms with Crippen molar-refractivity contribution in [3.05, 3.63) is 59.9 Å². The second kappa shape index (κ2) is 6.27. The smallest absolute Gasteiger partial charge is 0.151 e. The molecule has 3 aromatic rings. The molecule has 0 amide bonds. The zero-order valence-corrected chi connectivity index (χ0v) is 13.6. The van der Waals surface area contributed by atoms with Gasteiger partial charge in [0.15, 0.2) is 5.82 Å². The van der Waals surface area contributed by atoms with Gasteiger partial charge in [0.2, 0.25) is 0 Å². The minimum Gasteiger partial charge on any atom is -0.364 e. The Morgan fingerprint density at radius 3 is 2.88 bits per heavy atom. The first-order valence-electron chi connectivity index (χ1n) is 8.03. The second-order valence-corrected chi connectivity index (χ2v) is 5.86. The van der Waals surface area contributed by atoms with Gasteiger partial charge in [-0.1, -0.05) is 6.07 Å². The second-order valence-electron chi connectivity index (χ2n) is 5.86. The summed E-state index contributed by atoms with van der Waals surface area (Å²) in [5, 5.41) is 11.7. The molecule has 0 aliphatic carbocycles. The third-order valence-corrected chi connectivity index (χ3v) is 4.08. The van der Waals surface area contributed by atoms with Gasteiger partial charge < -0.3 is 14.8 Å². The van der Waals surface area contributed by atoms with Crippen LogP contribution >= 0.6 is 0 Å². The summed E-state index contributed by atoms with van der Waals surface area (Å²) in [6.45, 7) is 5.18. The standard InChI is InChI=1S/C17H19N7/c1-13-5-6-16(22-21-13)24-9-8-23-11-14(20-17(23)12-24)10-19-15-4-2-3-7-18-15/h2-7,11H,8-10,12H2,1H3,(H,18,19). The maximum Gasteiger partial charge on any atom is 0.151 e. The van der Waals surface area contributed by atoms with Crippen LogP contribution in [0.25, 0.3) is 0 Å². The highest BCUT2D eigenvalue weighted by Crippen LogP contribution is 2.19. The van der Waals surface area contributed by atoms with Crippen molar-refractivity contribution in [1.82, 2.24) is 24.7 Å². The van der Waals surface area contributed by atoms with Gasteiger partial charge in [0.1, 0.15) is 11.6 Å². The molecule has 0 saturated heterocycles. The molecule has 0 radical (unpaired) electrons. The van der Waals surface area contributed by atoms with Gasteiger partial charge in [-0.05, 0) is 31.2 Å². The van der Waals surface area contributed by atoms with Gasteiger partial charge >= 0.3 is 0 Å². The molecule has 0 aromatic carbocycles. The predicted octanol–water partition coefficient (Wildman–Crippen LogP) is 2.01. The quantitative estimate of drug-likeness (QED) is 0.792. The number of nitrogens with zero attached hydrogens (tertiary/aromatic N) is 6. The van der Waals surface area contributed by atoms with Crippen LogP contribution in [0.1, 0.15) is 17.2 Å². The van der Waals surface area contributed by atoms with E-state index in [9.17, 15) is 0 Å². The Kier molecular flexibility index (Phi) is 3.82. The summed E-state index contributed by atoms with van der Waals surface area (Å²) in [5.74, 6) is 2.82. The Morgan fingerprint density at radius 1 is 1.12 bits per heavy atom. The van der Waals surface area contributed by atoms with Crippen LogP contribution in [0.5, 0.6) is 0 Å². The number of anilines is 2. The van der Waals surface area contributed by atoms with Crippen LogP contribution in [-0.4, -0.2) is 31.3 Å². The van der Waals surface area contributed by atoms with E-state index in [-0.39, 0.29) is 0 Å². The molecule has 122 valence electrons. The fourth-order valence-electron chi connectivity index (χ4n) is 2.80. The van der Waals surface area contributed by atoms with Crippen LogP contribution in [0.15, 0.2) is 42.7 Å². The monoisotopic (exact) mass is 321 g/mol. The summed E-state index contributed by atoms with van der Waals surface area (Å²) in [7, 11) is 0. The molecular weight excluding hydrogens is 302 g/mol. The molecule has 24 heavy (non-hydrogen) atoms. The van der Waals surface area contributed by atoms with Gasteiger partial charge in [-0.15, -0.1) is 5.10 Å². The largest absolute Gasteiger partial charge is 0.364 e. The van der Waals surface area contributed by atoms with E-state index >= 15 is 0 Å². The van der Waals surface area contributed by atoms with Crippen molar-refractivity contribution in [2.75, 3.05) is 16.8 Å². The number of fused-ring (bicyclic) bond motifs is 1. The van der Waals surface area contributed by atoms with Gasteiger partial charge in [-0.3, -0.25) is 0 Å². The van der Waals surface area contributed by atoms with Crippen molar-refractivity contribution >= 4 is 11.6 Å². The number of pyridine rings is 1. The minimum absolute atomic E-state index is 0.668. The number of aromatic nitrogens is 5. The molecule has 1 aliphatic heterocycles. The van der Waals surface area contributed by atoms with Crippen molar-refractivity contribution in [3.63, 3.8) is 0 Å². The summed E-state index contributed by atoms with van der Waals surface area (Å²) < 4.78 is 2.22. The van der Waals surface area contributed by atoms with Crippen LogP contribution in [0.4, 0.5) is 11.6 Å². The number of nitrogens with one attached hydrogen (secondary N) is 1. The van der Waals surface area contributed by atoms with Crippen molar-refractivity contribution in [2.45, 2.75) is 26.6 Å². The zero-order chi connectivity index (χ0) is 16.4. The third kappa shape index (κ3) is 3.05. The van der Waals surface area contributed by atoms with E-state index in [1.165, 1.54) is 0 Å². The van der Waals surface area contributed by atoms with E-state index in [0.29, 0.717) is 6.54 Å². The summed E-state index contributed by atoms with van der Waals surface area (Å²) in [4.78, 5) is 11.2. The molecule has 0 fully saturated rings. The van der Waals surface area contributed by atoms with Crippen LogP contribution in [0.2, 0.25) is 0 Å². The molecule has 0 saturated carbocycles. The Morgan fingerprint density at radius 2 is 2.08 bits per heavy atom. The number of rotatable bonds is 4. The van der Waals surface area contributed by atoms with Crippen LogP contribution < -0.4 is 10.2 Å². The lowest BCUT2D eigenvalue weighted by atomic mass is 10.3. The normalized spacial score (nSPS) is 13.6. The number of hydrogen-bond acceptors (Lipinski definition) is 6. The van der Waals surface area contributed by atoms with E-state index < -0.39 is 0 Å². The summed E-state index contributed by atoms with van der Waals surface area (Å²) in [6.07, 6.45) is 3.89. The van der Waals surface area contributed by atoms with E-state index in [1.54, 1.807) is 6.20 Å². The summed E-state index contributed by atoms with van der Waals surface area (Å²) >= 11 is 0. The first-order chi connectivity index (χ1) is 11.8. The number of imidazole rings is 1.